The summed E-state index contributed by atoms with van der Waals surface area (Å²) in [6.45, 7) is 0. The Kier molecular flexibility index (Phi) is 2.83. The number of para-hydroxylation sites is 2. The van der Waals surface area contributed by atoms with E-state index in [2.05, 4.69) is 4.98 Å². The summed E-state index contributed by atoms with van der Waals surface area (Å²) in [5, 5.41) is 8.94. The molecule has 6 nitrogen and oxygen atoms in total. The number of aliphatic carboxylic acids is 1. The van der Waals surface area contributed by atoms with Crippen molar-refractivity contribution in [1.29, 1.82) is 0 Å². The maximum atomic E-state index is 12.4. The van der Waals surface area contributed by atoms with Crippen LogP contribution in [0.5, 0.6) is 0 Å². The van der Waals surface area contributed by atoms with E-state index >= 15 is 0 Å². The average molecular weight is 270 g/mol. The highest BCUT2D eigenvalue weighted by Crippen LogP contribution is 2.18. The van der Waals surface area contributed by atoms with Gasteiger partial charge >= 0.3 is 5.97 Å². The molecular formula is C14H10N2O4. The Bertz CT molecular complexity index is 787. The number of rotatable bonds is 3. The predicted molar refractivity (Wildman–Crippen MR) is 69.5 cm³/mol. The fourth-order valence-corrected chi connectivity index (χ4v) is 2.07. The van der Waals surface area contributed by atoms with Crippen molar-refractivity contribution < 1.29 is 19.1 Å². The molecule has 3 aromatic rings. The highest BCUT2D eigenvalue weighted by Gasteiger charge is 2.21. The van der Waals surface area contributed by atoms with Crippen molar-refractivity contribution in [3.05, 3.63) is 54.2 Å². The van der Waals surface area contributed by atoms with Crippen LogP contribution in [-0.2, 0) is 11.2 Å². The summed E-state index contributed by atoms with van der Waals surface area (Å²) >= 11 is 0. The van der Waals surface area contributed by atoms with Crippen molar-refractivity contribution in [3.8, 4) is 0 Å². The van der Waals surface area contributed by atoms with E-state index in [1.165, 1.54) is 16.9 Å². The molecule has 0 aliphatic carbocycles. The molecule has 0 atom stereocenters. The molecule has 0 radical (unpaired) electrons. The first-order chi connectivity index (χ1) is 9.66. The van der Waals surface area contributed by atoms with Crippen LogP contribution in [0.3, 0.4) is 0 Å². The van der Waals surface area contributed by atoms with Crippen LogP contribution < -0.4 is 0 Å². The number of carbonyl (C=O) groups is 2. The van der Waals surface area contributed by atoms with Crippen LogP contribution in [0, 0.1) is 0 Å². The molecule has 0 fully saturated rings. The molecule has 2 heterocycles. The average Bonchev–Trinajstić information content (AvgIpc) is 3.04. The zero-order valence-corrected chi connectivity index (χ0v) is 10.3. The monoisotopic (exact) mass is 270 g/mol. The maximum absolute atomic E-state index is 12.4. The van der Waals surface area contributed by atoms with Crippen molar-refractivity contribution in [2.75, 3.05) is 0 Å². The molecule has 1 N–H and O–H groups in total. The first-order valence-electron chi connectivity index (χ1n) is 5.93. The molecule has 1 aromatic carbocycles. The number of carbonyl (C=O) groups excluding carboxylic acids is 1. The number of carboxylic acids is 1. The van der Waals surface area contributed by atoms with E-state index in [9.17, 15) is 9.59 Å². The molecule has 6 heteroatoms. The van der Waals surface area contributed by atoms with Crippen molar-refractivity contribution in [3.63, 3.8) is 0 Å². The fourth-order valence-electron chi connectivity index (χ4n) is 2.07. The number of carboxylic acid groups (broad SMARTS) is 1. The smallest absolute Gasteiger partial charge is 0.311 e. The number of fused-ring (bicyclic) bond motifs is 1. The second-order valence-corrected chi connectivity index (χ2v) is 4.21. The lowest BCUT2D eigenvalue weighted by molar-refractivity contribution is -0.136. The van der Waals surface area contributed by atoms with Gasteiger partial charge in [-0.1, -0.05) is 12.1 Å². The van der Waals surface area contributed by atoms with Crippen LogP contribution in [0.1, 0.15) is 16.4 Å². The normalized spacial score (nSPS) is 10.8. The summed E-state index contributed by atoms with van der Waals surface area (Å²) < 4.78 is 6.36. The third-order valence-electron chi connectivity index (χ3n) is 2.87. The Morgan fingerprint density at radius 1 is 1.20 bits per heavy atom. The van der Waals surface area contributed by atoms with Crippen LogP contribution in [0.25, 0.3) is 11.0 Å². The summed E-state index contributed by atoms with van der Waals surface area (Å²) in [4.78, 5) is 27.5. The summed E-state index contributed by atoms with van der Waals surface area (Å²) in [6.07, 6.45) is 1.06. The van der Waals surface area contributed by atoms with Crippen LogP contribution in [-0.4, -0.2) is 26.5 Å². The zero-order valence-electron chi connectivity index (χ0n) is 10.3. The van der Waals surface area contributed by atoms with Gasteiger partial charge in [0.15, 0.2) is 5.76 Å². The number of aromatic nitrogens is 2. The molecule has 0 spiro atoms. The summed E-state index contributed by atoms with van der Waals surface area (Å²) in [6, 6.07) is 10.1. The highest BCUT2D eigenvalue weighted by atomic mass is 16.4. The van der Waals surface area contributed by atoms with Gasteiger partial charge in [-0.2, -0.15) is 0 Å². The molecule has 0 aliphatic rings. The van der Waals surface area contributed by atoms with E-state index < -0.39 is 11.9 Å². The number of furan rings is 1. The van der Waals surface area contributed by atoms with Gasteiger partial charge in [0.2, 0.25) is 0 Å². The van der Waals surface area contributed by atoms with Gasteiger partial charge in [0, 0.05) is 0 Å². The third-order valence-corrected chi connectivity index (χ3v) is 2.87. The van der Waals surface area contributed by atoms with Crippen LogP contribution in [0.2, 0.25) is 0 Å². The van der Waals surface area contributed by atoms with E-state index in [1.807, 2.05) is 0 Å². The molecule has 100 valence electrons. The number of imidazole rings is 1. The first-order valence-corrected chi connectivity index (χ1v) is 5.93. The second-order valence-electron chi connectivity index (χ2n) is 4.21. The van der Waals surface area contributed by atoms with Crippen molar-refractivity contribution in [1.82, 2.24) is 9.55 Å². The molecule has 0 unspecified atom stereocenters. The maximum Gasteiger partial charge on any atom is 0.311 e. The van der Waals surface area contributed by atoms with E-state index in [4.69, 9.17) is 9.52 Å². The van der Waals surface area contributed by atoms with Gasteiger partial charge in [-0.05, 0) is 24.3 Å². The zero-order chi connectivity index (χ0) is 14.1. The minimum Gasteiger partial charge on any atom is -0.481 e. The van der Waals surface area contributed by atoms with E-state index in [-0.39, 0.29) is 18.0 Å². The summed E-state index contributed by atoms with van der Waals surface area (Å²) in [7, 11) is 0. The minimum atomic E-state index is -1.05. The molecule has 0 saturated heterocycles. The Morgan fingerprint density at radius 2 is 2.00 bits per heavy atom. The molecule has 0 aliphatic heterocycles. The first kappa shape index (κ1) is 12.2. The largest absolute Gasteiger partial charge is 0.481 e. The van der Waals surface area contributed by atoms with Gasteiger partial charge in [-0.3, -0.25) is 14.2 Å². The standard InChI is InChI=1S/C14H10N2O4/c17-13(18)8-12-15-9-4-1-2-5-10(9)16(12)14(19)11-6-3-7-20-11/h1-7H,8H2,(H,17,18). The molecule has 0 bridgehead atoms. The van der Waals surface area contributed by atoms with Crippen LogP contribution in [0.15, 0.2) is 47.1 Å². The quantitative estimate of drug-likeness (QED) is 0.786. The lowest BCUT2D eigenvalue weighted by atomic mass is 10.3. The minimum absolute atomic E-state index is 0.139. The number of hydrogen-bond donors (Lipinski definition) is 1. The Hall–Kier alpha value is -2.89. The number of benzene rings is 1. The predicted octanol–water partition coefficient (Wildman–Crippen LogP) is 1.94. The Morgan fingerprint density at radius 3 is 2.70 bits per heavy atom. The lowest BCUT2D eigenvalue weighted by Gasteiger charge is -2.04. The fraction of sp³-hybridized carbons (Fsp3) is 0.0714. The highest BCUT2D eigenvalue weighted by molar-refractivity contribution is 6.00. The topological polar surface area (TPSA) is 85.3 Å². The van der Waals surface area contributed by atoms with E-state index in [0.717, 1.165) is 0 Å². The van der Waals surface area contributed by atoms with Gasteiger partial charge in [0.05, 0.1) is 17.3 Å². The van der Waals surface area contributed by atoms with Crippen molar-refractivity contribution in [2.24, 2.45) is 0 Å². The molecule has 2 aromatic heterocycles. The summed E-state index contributed by atoms with van der Waals surface area (Å²) in [5.41, 5.74) is 1.13. The van der Waals surface area contributed by atoms with Gasteiger partial charge < -0.3 is 9.52 Å². The lowest BCUT2D eigenvalue weighted by Crippen LogP contribution is -2.17. The molecule has 20 heavy (non-hydrogen) atoms. The van der Waals surface area contributed by atoms with Gasteiger partial charge in [0.25, 0.3) is 5.91 Å². The Labute approximate surface area is 113 Å². The molecular weight excluding hydrogens is 260 g/mol. The molecule has 3 rings (SSSR count). The number of hydrogen-bond acceptors (Lipinski definition) is 4. The molecule has 0 saturated carbocycles. The SMILES string of the molecule is O=C(O)Cc1nc2ccccc2n1C(=O)c1ccco1. The Balaban J connectivity index is 2.20. The third kappa shape index (κ3) is 1.97. The second kappa shape index (κ2) is 4.65. The number of nitrogens with zero attached hydrogens (tertiary/aromatic N) is 2. The van der Waals surface area contributed by atoms with Crippen molar-refractivity contribution in [2.45, 2.75) is 6.42 Å². The van der Waals surface area contributed by atoms with E-state index in [0.29, 0.717) is 11.0 Å². The van der Waals surface area contributed by atoms with Crippen LogP contribution in [0.4, 0.5) is 0 Å². The molecule has 0 amide bonds. The summed E-state index contributed by atoms with van der Waals surface area (Å²) in [5.74, 6) is -1.16. The van der Waals surface area contributed by atoms with Gasteiger partial charge in [-0.15, -0.1) is 0 Å². The van der Waals surface area contributed by atoms with E-state index in [1.54, 1.807) is 30.3 Å². The van der Waals surface area contributed by atoms with Crippen molar-refractivity contribution >= 4 is 22.9 Å². The van der Waals surface area contributed by atoms with Gasteiger partial charge in [0.1, 0.15) is 12.2 Å². The van der Waals surface area contributed by atoms with Gasteiger partial charge in [-0.25, -0.2) is 4.98 Å². The van der Waals surface area contributed by atoms with Crippen LogP contribution >= 0.6 is 0 Å².